The molecule has 2 aromatic heterocycles. The Balaban J connectivity index is 2.81. The number of rotatable bonds is 2. The van der Waals surface area contributed by atoms with Crippen molar-refractivity contribution in [2.24, 2.45) is 10.9 Å². The van der Waals surface area contributed by atoms with Gasteiger partial charge in [0.25, 0.3) is 0 Å². The first-order chi connectivity index (χ1) is 9.38. The van der Waals surface area contributed by atoms with Crippen molar-refractivity contribution >= 4 is 17.4 Å². The van der Waals surface area contributed by atoms with Crippen LogP contribution < -0.4 is 5.73 Å². The summed E-state index contributed by atoms with van der Waals surface area (Å²) in [4.78, 5) is 0. The fourth-order valence-electron chi connectivity index (χ4n) is 1.93. The molecule has 0 radical (unpaired) electrons. The number of amidine groups is 1. The molecule has 0 aliphatic rings. The van der Waals surface area contributed by atoms with Crippen molar-refractivity contribution in [1.29, 1.82) is 0 Å². The van der Waals surface area contributed by atoms with Crippen LogP contribution in [0.15, 0.2) is 5.16 Å². The third-order valence-electron chi connectivity index (χ3n) is 3.20. The van der Waals surface area contributed by atoms with Crippen LogP contribution in [-0.2, 0) is 0 Å². The minimum atomic E-state index is -0.0424. The van der Waals surface area contributed by atoms with Crippen molar-refractivity contribution in [1.82, 2.24) is 20.0 Å². The normalized spacial score (nSPS) is 11.9. The van der Waals surface area contributed by atoms with E-state index in [1.807, 2.05) is 13.8 Å². The van der Waals surface area contributed by atoms with E-state index in [-0.39, 0.29) is 5.84 Å². The van der Waals surface area contributed by atoms with E-state index in [0.29, 0.717) is 33.5 Å². The lowest BCUT2D eigenvalue weighted by atomic mass is 10.1. The van der Waals surface area contributed by atoms with Gasteiger partial charge in [-0.3, -0.25) is 0 Å². The lowest BCUT2D eigenvalue weighted by molar-refractivity contribution is 0.318. The zero-order valence-electron chi connectivity index (χ0n) is 11.6. The molecule has 0 amide bonds. The number of aryl methyl sites for hydroxylation is 2. The van der Waals surface area contributed by atoms with E-state index in [1.165, 1.54) is 0 Å². The van der Waals surface area contributed by atoms with Gasteiger partial charge in [-0.05, 0) is 33.3 Å². The summed E-state index contributed by atoms with van der Waals surface area (Å²) in [5, 5.41) is 25.1. The van der Waals surface area contributed by atoms with Gasteiger partial charge in [0, 0.05) is 0 Å². The minimum Gasteiger partial charge on any atom is -0.409 e. The van der Waals surface area contributed by atoms with Crippen molar-refractivity contribution in [3.05, 3.63) is 33.2 Å². The smallest absolute Gasteiger partial charge is 0.187 e. The van der Waals surface area contributed by atoms with Gasteiger partial charge in [-0.25, -0.2) is 4.68 Å². The van der Waals surface area contributed by atoms with Crippen LogP contribution in [0.5, 0.6) is 0 Å². The SMILES string of the molecule is Cc1nnc(-n2nc(C)c(Cl)c2C)c(C(N)=NO)c1C. The predicted molar refractivity (Wildman–Crippen MR) is 75.6 cm³/mol. The number of hydrogen-bond donors (Lipinski definition) is 2. The molecule has 0 atom stereocenters. The third kappa shape index (κ3) is 2.09. The molecule has 0 fully saturated rings. The Morgan fingerprint density at radius 2 is 1.85 bits per heavy atom. The van der Waals surface area contributed by atoms with Crippen LogP contribution in [0.3, 0.4) is 0 Å². The Hall–Kier alpha value is -2.15. The van der Waals surface area contributed by atoms with Crippen molar-refractivity contribution in [3.63, 3.8) is 0 Å². The van der Waals surface area contributed by atoms with Gasteiger partial charge in [0.15, 0.2) is 11.7 Å². The van der Waals surface area contributed by atoms with Gasteiger partial charge in [0.1, 0.15) is 0 Å². The molecular weight excluding hydrogens is 280 g/mol. The molecule has 3 N–H and O–H groups in total. The second-order valence-electron chi connectivity index (χ2n) is 4.49. The lowest BCUT2D eigenvalue weighted by Crippen LogP contribution is -2.21. The fraction of sp³-hybridized carbons (Fsp3) is 0.333. The standard InChI is InChI=1S/C12H15ClN6O/c1-5-6(2)15-16-12(9(5)11(14)18-20)19-8(4)10(13)7(3)17-19/h20H,1-4H3,(H2,14,18). The maximum atomic E-state index is 8.96. The average Bonchev–Trinajstić information content (AvgIpc) is 2.68. The van der Waals surface area contributed by atoms with Crippen LogP contribution in [0.25, 0.3) is 5.82 Å². The number of nitrogens with zero attached hydrogens (tertiary/aromatic N) is 5. The highest BCUT2D eigenvalue weighted by atomic mass is 35.5. The Bertz CT molecular complexity index is 706. The molecule has 2 aromatic rings. The Labute approximate surface area is 121 Å². The molecule has 0 aliphatic heterocycles. The monoisotopic (exact) mass is 294 g/mol. The van der Waals surface area contributed by atoms with Crippen LogP contribution >= 0.6 is 11.6 Å². The Kier molecular flexibility index (Phi) is 3.63. The molecule has 7 nitrogen and oxygen atoms in total. The number of hydrogen-bond acceptors (Lipinski definition) is 5. The van der Waals surface area contributed by atoms with Crippen molar-refractivity contribution in [2.75, 3.05) is 0 Å². The van der Waals surface area contributed by atoms with E-state index in [2.05, 4.69) is 20.5 Å². The molecule has 0 aromatic carbocycles. The first kappa shape index (κ1) is 14.3. The summed E-state index contributed by atoms with van der Waals surface area (Å²) in [6.07, 6.45) is 0. The molecule has 20 heavy (non-hydrogen) atoms. The topological polar surface area (TPSA) is 102 Å². The average molecular weight is 295 g/mol. The quantitative estimate of drug-likeness (QED) is 0.379. The molecule has 0 bridgehead atoms. The summed E-state index contributed by atoms with van der Waals surface area (Å²) in [5.74, 6) is 0.343. The molecule has 2 rings (SSSR count). The van der Waals surface area contributed by atoms with E-state index in [9.17, 15) is 0 Å². The first-order valence-electron chi connectivity index (χ1n) is 5.92. The summed E-state index contributed by atoms with van der Waals surface area (Å²) in [7, 11) is 0. The Morgan fingerprint density at radius 3 is 2.35 bits per heavy atom. The largest absolute Gasteiger partial charge is 0.409 e. The summed E-state index contributed by atoms with van der Waals surface area (Å²) in [5.41, 5.74) is 9.10. The van der Waals surface area contributed by atoms with Crippen LogP contribution in [-0.4, -0.2) is 31.0 Å². The first-order valence-corrected chi connectivity index (χ1v) is 6.30. The molecule has 0 spiro atoms. The van der Waals surface area contributed by atoms with Crippen molar-refractivity contribution in [2.45, 2.75) is 27.7 Å². The highest BCUT2D eigenvalue weighted by molar-refractivity contribution is 6.31. The summed E-state index contributed by atoms with van der Waals surface area (Å²) >= 11 is 6.14. The van der Waals surface area contributed by atoms with E-state index in [4.69, 9.17) is 22.5 Å². The predicted octanol–water partition coefficient (Wildman–Crippen LogP) is 1.64. The number of aromatic nitrogens is 4. The number of oxime groups is 1. The van der Waals surface area contributed by atoms with Crippen molar-refractivity contribution < 1.29 is 5.21 Å². The minimum absolute atomic E-state index is 0.0424. The van der Waals surface area contributed by atoms with Gasteiger partial charge >= 0.3 is 0 Å². The van der Waals surface area contributed by atoms with E-state index >= 15 is 0 Å². The summed E-state index contributed by atoms with van der Waals surface area (Å²) < 4.78 is 1.55. The van der Waals surface area contributed by atoms with E-state index in [0.717, 1.165) is 5.56 Å². The molecule has 0 unspecified atom stereocenters. The second-order valence-corrected chi connectivity index (χ2v) is 4.87. The molecule has 0 aliphatic carbocycles. The van der Waals surface area contributed by atoms with E-state index in [1.54, 1.807) is 18.5 Å². The molecule has 0 saturated carbocycles. The second kappa shape index (κ2) is 5.09. The molecule has 106 valence electrons. The summed E-state index contributed by atoms with van der Waals surface area (Å²) in [6.45, 7) is 7.24. The zero-order chi connectivity index (χ0) is 15.0. The molecule has 2 heterocycles. The lowest BCUT2D eigenvalue weighted by Gasteiger charge is -2.12. The van der Waals surface area contributed by atoms with Crippen molar-refractivity contribution in [3.8, 4) is 5.82 Å². The molecule has 0 saturated heterocycles. The van der Waals surface area contributed by atoms with E-state index < -0.39 is 0 Å². The van der Waals surface area contributed by atoms with Crippen LogP contribution in [0.1, 0.15) is 28.2 Å². The summed E-state index contributed by atoms with van der Waals surface area (Å²) in [6, 6.07) is 0. The molecular formula is C12H15ClN6O. The van der Waals surface area contributed by atoms with Gasteiger partial charge < -0.3 is 10.9 Å². The van der Waals surface area contributed by atoms with Gasteiger partial charge in [0.05, 0.1) is 27.7 Å². The highest BCUT2D eigenvalue weighted by Gasteiger charge is 2.20. The van der Waals surface area contributed by atoms with Crippen LogP contribution in [0.2, 0.25) is 5.02 Å². The van der Waals surface area contributed by atoms with Crippen LogP contribution in [0.4, 0.5) is 0 Å². The Morgan fingerprint density at radius 1 is 1.20 bits per heavy atom. The number of nitrogens with two attached hydrogens (primary N) is 1. The fourth-order valence-corrected chi connectivity index (χ4v) is 2.05. The maximum Gasteiger partial charge on any atom is 0.187 e. The maximum absolute atomic E-state index is 8.96. The van der Waals surface area contributed by atoms with Gasteiger partial charge in [0.2, 0.25) is 0 Å². The van der Waals surface area contributed by atoms with Gasteiger partial charge in [-0.15, -0.1) is 5.10 Å². The molecule has 8 heteroatoms. The number of halogens is 1. The third-order valence-corrected chi connectivity index (χ3v) is 3.75. The van der Waals surface area contributed by atoms with Gasteiger partial charge in [-0.1, -0.05) is 16.8 Å². The highest BCUT2D eigenvalue weighted by Crippen LogP contribution is 2.24. The van der Waals surface area contributed by atoms with Gasteiger partial charge in [-0.2, -0.15) is 10.2 Å². The van der Waals surface area contributed by atoms with Crippen LogP contribution in [0, 0.1) is 27.7 Å². The zero-order valence-corrected chi connectivity index (χ0v) is 12.4.